The van der Waals surface area contributed by atoms with E-state index in [1.807, 2.05) is 0 Å². The predicted molar refractivity (Wildman–Crippen MR) is 187 cm³/mol. The average molecular weight is 583 g/mol. The Kier molecular flexibility index (Phi) is 6.70. The summed E-state index contributed by atoms with van der Waals surface area (Å²) in [4.78, 5) is 20.7. The maximum absolute atomic E-state index is 5.17. The molecular weight excluding hydrogens is 536 g/mol. The van der Waals surface area contributed by atoms with Crippen molar-refractivity contribution in [2.45, 2.75) is 105 Å². The lowest BCUT2D eigenvalue weighted by Gasteiger charge is -2.25. The van der Waals surface area contributed by atoms with E-state index in [1.165, 1.54) is 32.3 Å². The van der Waals surface area contributed by atoms with E-state index in [0.29, 0.717) is 0 Å². The zero-order chi connectivity index (χ0) is 32.0. The minimum atomic E-state index is -0.0934. The van der Waals surface area contributed by atoms with Crippen molar-refractivity contribution < 1.29 is 0 Å². The summed E-state index contributed by atoms with van der Waals surface area (Å²) >= 11 is 0. The minimum absolute atomic E-state index is 0.0934. The summed E-state index contributed by atoms with van der Waals surface area (Å²) < 4.78 is 0. The van der Waals surface area contributed by atoms with E-state index in [4.69, 9.17) is 19.9 Å². The molecule has 0 amide bonds. The third kappa shape index (κ3) is 5.23. The molecule has 0 aliphatic carbocycles. The van der Waals surface area contributed by atoms with E-state index in [1.54, 1.807) is 0 Å². The summed E-state index contributed by atoms with van der Waals surface area (Å²) in [6, 6.07) is 22.2. The van der Waals surface area contributed by atoms with Crippen LogP contribution in [0.15, 0.2) is 60.7 Å². The largest absolute Gasteiger partial charge is 0.232 e. The van der Waals surface area contributed by atoms with E-state index in [-0.39, 0.29) is 21.7 Å². The van der Waals surface area contributed by atoms with Gasteiger partial charge in [-0.3, -0.25) is 0 Å². The lowest BCUT2D eigenvalue weighted by molar-refractivity contribution is 0.539. The van der Waals surface area contributed by atoms with Gasteiger partial charge in [0.25, 0.3) is 0 Å². The van der Waals surface area contributed by atoms with E-state index in [2.05, 4.69) is 144 Å². The second-order valence-corrected chi connectivity index (χ2v) is 16.6. The van der Waals surface area contributed by atoms with Crippen LogP contribution in [-0.4, -0.2) is 19.9 Å². The van der Waals surface area contributed by atoms with Crippen molar-refractivity contribution in [1.82, 2.24) is 19.9 Å². The number of hydrogen-bond acceptors (Lipinski definition) is 4. The molecule has 0 fully saturated rings. The lowest BCUT2D eigenvalue weighted by Crippen LogP contribution is -2.20. The molecule has 0 saturated carbocycles. The highest BCUT2D eigenvalue weighted by atomic mass is 14.9. The van der Waals surface area contributed by atoms with Gasteiger partial charge in [0.15, 0.2) is 11.6 Å². The van der Waals surface area contributed by atoms with Crippen LogP contribution in [0.1, 0.15) is 106 Å². The fourth-order valence-electron chi connectivity index (χ4n) is 5.86. The fraction of sp³-hybridized carbons (Fsp3) is 0.400. The van der Waals surface area contributed by atoms with Gasteiger partial charge in [-0.25, -0.2) is 19.9 Å². The molecule has 0 saturated heterocycles. The summed E-state index contributed by atoms with van der Waals surface area (Å²) in [6.07, 6.45) is 0. The second-order valence-electron chi connectivity index (χ2n) is 16.6. The van der Waals surface area contributed by atoms with Gasteiger partial charge >= 0.3 is 0 Å². The third-order valence-corrected chi connectivity index (χ3v) is 8.67. The van der Waals surface area contributed by atoms with Gasteiger partial charge in [0.05, 0.1) is 22.8 Å². The van der Waals surface area contributed by atoms with Crippen LogP contribution in [0.4, 0.5) is 0 Å². The van der Waals surface area contributed by atoms with Crippen LogP contribution in [0, 0.1) is 0 Å². The molecule has 4 nitrogen and oxygen atoms in total. The SMILES string of the molecule is CC(C)(C)c1cc(C(C)(C)C)nc(-c2ccc3ccc4c(-c5nc(C(C)(C)C)cc(C(C)(C)C)n5)ccc5ccc2c3c54)n1. The number of benzene rings is 4. The Morgan fingerprint density at radius 1 is 0.364 bits per heavy atom. The van der Waals surface area contributed by atoms with Crippen LogP contribution < -0.4 is 0 Å². The van der Waals surface area contributed by atoms with Gasteiger partial charge in [-0.2, -0.15) is 0 Å². The molecule has 0 spiro atoms. The Hall–Kier alpha value is -3.92. The van der Waals surface area contributed by atoms with Gasteiger partial charge in [-0.15, -0.1) is 0 Å². The van der Waals surface area contributed by atoms with Crippen molar-refractivity contribution in [2.75, 3.05) is 0 Å². The smallest absolute Gasteiger partial charge is 0.160 e. The van der Waals surface area contributed by atoms with Gasteiger partial charge < -0.3 is 0 Å². The van der Waals surface area contributed by atoms with Crippen molar-refractivity contribution in [3.8, 4) is 22.8 Å². The summed E-state index contributed by atoms with van der Waals surface area (Å²) in [6.45, 7) is 26.7. The first kappa shape index (κ1) is 30.1. The number of aromatic nitrogens is 4. The normalized spacial score (nSPS) is 13.5. The van der Waals surface area contributed by atoms with Crippen LogP contribution in [0.3, 0.4) is 0 Å². The van der Waals surface area contributed by atoms with E-state index in [0.717, 1.165) is 45.6 Å². The molecule has 4 aromatic carbocycles. The van der Waals surface area contributed by atoms with Gasteiger partial charge in [0.2, 0.25) is 0 Å². The summed E-state index contributed by atoms with van der Waals surface area (Å²) in [5, 5.41) is 7.24. The third-order valence-electron chi connectivity index (χ3n) is 8.67. The quantitative estimate of drug-likeness (QED) is 0.191. The van der Waals surface area contributed by atoms with E-state index < -0.39 is 0 Å². The average Bonchev–Trinajstić information content (AvgIpc) is 2.93. The van der Waals surface area contributed by atoms with Crippen LogP contribution in [0.2, 0.25) is 0 Å². The zero-order valence-corrected chi connectivity index (χ0v) is 28.6. The van der Waals surface area contributed by atoms with Crippen molar-refractivity contribution in [2.24, 2.45) is 0 Å². The molecule has 6 aromatic rings. The molecule has 226 valence electrons. The predicted octanol–water partition coefficient (Wildman–Crippen LogP) is 10.7. The molecular formula is C40H46N4. The first-order valence-corrected chi connectivity index (χ1v) is 15.8. The standard InChI is InChI=1S/C40H46N4/c1-37(2,3)29-21-30(38(4,5)6)42-35(41-29)27-19-15-23-14-18-26-28(20-16-24-13-17-25(27)33(23)34(24)26)36-43-31(39(7,8)9)22-32(44-36)40(10,11)12/h13-22H,1-12H3. The second kappa shape index (κ2) is 9.79. The Bertz CT molecular complexity index is 1830. The molecule has 4 heteroatoms. The highest BCUT2D eigenvalue weighted by Crippen LogP contribution is 2.42. The van der Waals surface area contributed by atoms with Crippen molar-refractivity contribution in [3.63, 3.8) is 0 Å². The minimum Gasteiger partial charge on any atom is -0.232 e. The Morgan fingerprint density at radius 2 is 0.636 bits per heavy atom. The number of nitrogens with zero attached hydrogens (tertiary/aromatic N) is 4. The highest BCUT2D eigenvalue weighted by Gasteiger charge is 2.26. The van der Waals surface area contributed by atoms with Crippen molar-refractivity contribution in [1.29, 1.82) is 0 Å². The van der Waals surface area contributed by atoms with Gasteiger partial charge in [0.1, 0.15) is 0 Å². The molecule has 2 heterocycles. The van der Waals surface area contributed by atoms with Gasteiger partial charge in [0, 0.05) is 32.8 Å². The molecule has 6 rings (SSSR count). The number of hydrogen-bond donors (Lipinski definition) is 0. The van der Waals surface area contributed by atoms with Crippen molar-refractivity contribution in [3.05, 3.63) is 83.4 Å². The molecule has 0 radical (unpaired) electrons. The van der Waals surface area contributed by atoms with Crippen LogP contribution >= 0.6 is 0 Å². The van der Waals surface area contributed by atoms with Crippen LogP contribution in [0.5, 0.6) is 0 Å². The Labute approximate surface area is 262 Å². The van der Waals surface area contributed by atoms with Crippen LogP contribution in [-0.2, 0) is 21.7 Å². The molecule has 0 bridgehead atoms. The molecule has 2 aromatic heterocycles. The first-order valence-electron chi connectivity index (χ1n) is 15.8. The Morgan fingerprint density at radius 3 is 0.909 bits per heavy atom. The van der Waals surface area contributed by atoms with E-state index in [9.17, 15) is 0 Å². The summed E-state index contributed by atoms with van der Waals surface area (Å²) in [5.74, 6) is 1.58. The Balaban J connectivity index is 1.66. The molecule has 0 N–H and O–H groups in total. The lowest BCUT2D eigenvalue weighted by atomic mass is 9.85. The van der Waals surface area contributed by atoms with E-state index >= 15 is 0 Å². The fourth-order valence-corrected chi connectivity index (χ4v) is 5.86. The summed E-state index contributed by atoms with van der Waals surface area (Å²) in [7, 11) is 0. The topological polar surface area (TPSA) is 51.6 Å². The number of rotatable bonds is 2. The first-order chi connectivity index (χ1) is 20.3. The maximum Gasteiger partial charge on any atom is 0.160 e. The van der Waals surface area contributed by atoms with Gasteiger partial charge in [-0.1, -0.05) is 119 Å². The molecule has 0 unspecified atom stereocenters. The van der Waals surface area contributed by atoms with Gasteiger partial charge in [-0.05, 0) is 56.6 Å². The maximum atomic E-state index is 5.17. The highest BCUT2D eigenvalue weighted by molar-refractivity contribution is 6.27. The summed E-state index contributed by atoms with van der Waals surface area (Å²) in [5.41, 5.74) is 6.00. The monoisotopic (exact) mass is 582 g/mol. The van der Waals surface area contributed by atoms with Crippen molar-refractivity contribution >= 4 is 32.3 Å². The molecule has 44 heavy (non-hydrogen) atoms. The molecule has 0 atom stereocenters. The molecule has 0 aliphatic rings. The molecule has 0 aliphatic heterocycles. The zero-order valence-electron chi connectivity index (χ0n) is 28.6. The van der Waals surface area contributed by atoms with Crippen LogP contribution in [0.25, 0.3) is 55.1 Å².